The van der Waals surface area contributed by atoms with Crippen LogP contribution in [-0.2, 0) is 10.0 Å². The number of rotatable bonds is 7. The lowest BCUT2D eigenvalue weighted by atomic mass is 10.1. The molecular formula is C22H26N2O3S. The van der Waals surface area contributed by atoms with Gasteiger partial charge in [-0.15, -0.1) is 0 Å². The minimum atomic E-state index is -3.74. The second-order valence-electron chi connectivity index (χ2n) is 7.86. The number of carbonyl (C=O) groups excluding carboxylic acids is 1. The van der Waals surface area contributed by atoms with Crippen molar-refractivity contribution in [3.05, 3.63) is 60.2 Å². The van der Waals surface area contributed by atoms with Crippen LogP contribution < -0.4 is 4.31 Å². The normalized spacial score (nSPS) is 17.8. The summed E-state index contributed by atoms with van der Waals surface area (Å²) in [5.74, 6) is 0.530. The lowest BCUT2D eigenvalue weighted by molar-refractivity contribution is 0.0654. The Bertz CT molecular complexity index is 966. The molecule has 148 valence electrons. The Morgan fingerprint density at radius 2 is 1.68 bits per heavy atom. The van der Waals surface area contributed by atoms with Crippen LogP contribution in [0, 0.1) is 5.92 Å². The van der Waals surface area contributed by atoms with Crippen molar-refractivity contribution in [2.45, 2.75) is 49.6 Å². The molecule has 1 atom stereocenters. The van der Waals surface area contributed by atoms with E-state index in [1.54, 1.807) is 42.5 Å². The number of benzene rings is 2. The van der Waals surface area contributed by atoms with Crippen LogP contribution in [0.2, 0.25) is 0 Å². The molecule has 2 fully saturated rings. The van der Waals surface area contributed by atoms with E-state index < -0.39 is 10.0 Å². The van der Waals surface area contributed by atoms with Gasteiger partial charge in [-0.2, -0.15) is 0 Å². The van der Waals surface area contributed by atoms with E-state index in [0.29, 0.717) is 23.2 Å². The molecule has 2 saturated carbocycles. The monoisotopic (exact) mass is 398 g/mol. The second kappa shape index (κ2) is 7.24. The maximum absolute atomic E-state index is 13.2. The van der Waals surface area contributed by atoms with Crippen molar-refractivity contribution in [3.8, 4) is 0 Å². The zero-order chi connectivity index (χ0) is 19.9. The quantitative estimate of drug-likeness (QED) is 0.710. The maximum atomic E-state index is 13.2. The Labute approximate surface area is 167 Å². The van der Waals surface area contributed by atoms with E-state index in [-0.39, 0.29) is 16.8 Å². The van der Waals surface area contributed by atoms with Crippen LogP contribution in [0.1, 0.15) is 43.0 Å². The Morgan fingerprint density at radius 1 is 1.00 bits per heavy atom. The number of carbonyl (C=O) groups is 1. The zero-order valence-electron chi connectivity index (χ0n) is 16.3. The minimum absolute atomic E-state index is 0.0543. The third kappa shape index (κ3) is 3.65. The smallest absolute Gasteiger partial charge is 0.264 e. The van der Waals surface area contributed by atoms with Gasteiger partial charge in [0.05, 0.1) is 10.6 Å². The summed E-state index contributed by atoms with van der Waals surface area (Å²) >= 11 is 0. The molecule has 2 aliphatic carbocycles. The van der Waals surface area contributed by atoms with Gasteiger partial charge in [0.25, 0.3) is 15.9 Å². The first-order valence-corrected chi connectivity index (χ1v) is 11.3. The molecule has 28 heavy (non-hydrogen) atoms. The van der Waals surface area contributed by atoms with Crippen LogP contribution in [-0.4, -0.2) is 38.4 Å². The van der Waals surface area contributed by atoms with Crippen molar-refractivity contribution in [3.63, 3.8) is 0 Å². The molecule has 2 aromatic rings. The molecule has 0 aliphatic heterocycles. The van der Waals surface area contributed by atoms with E-state index in [1.165, 1.54) is 30.3 Å². The summed E-state index contributed by atoms with van der Waals surface area (Å²) in [6.45, 7) is 2.12. The average Bonchev–Trinajstić information content (AvgIpc) is 3.61. The van der Waals surface area contributed by atoms with Crippen molar-refractivity contribution in [1.29, 1.82) is 0 Å². The number of nitrogens with zero attached hydrogens (tertiary/aromatic N) is 2. The summed E-state index contributed by atoms with van der Waals surface area (Å²) in [5.41, 5.74) is 1.03. The Kier molecular flexibility index (Phi) is 4.91. The summed E-state index contributed by atoms with van der Waals surface area (Å²) < 4.78 is 27.4. The fraction of sp³-hybridized carbons (Fsp3) is 0.409. The van der Waals surface area contributed by atoms with Gasteiger partial charge in [-0.3, -0.25) is 9.10 Å². The minimum Gasteiger partial charge on any atom is -0.333 e. The highest BCUT2D eigenvalue weighted by molar-refractivity contribution is 7.92. The van der Waals surface area contributed by atoms with E-state index in [0.717, 1.165) is 12.8 Å². The van der Waals surface area contributed by atoms with Crippen molar-refractivity contribution in [2.24, 2.45) is 5.92 Å². The van der Waals surface area contributed by atoms with Crippen LogP contribution >= 0.6 is 0 Å². The van der Waals surface area contributed by atoms with Crippen LogP contribution in [0.25, 0.3) is 0 Å². The third-order valence-electron chi connectivity index (χ3n) is 5.78. The van der Waals surface area contributed by atoms with Gasteiger partial charge in [0.15, 0.2) is 0 Å². The van der Waals surface area contributed by atoms with Gasteiger partial charge in [-0.25, -0.2) is 8.42 Å². The molecule has 0 heterocycles. The first-order valence-electron chi connectivity index (χ1n) is 9.86. The molecule has 0 saturated heterocycles. The Hall–Kier alpha value is -2.34. The third-order valence-corrected chi connectivity index (χ3v) is 7.56. The highest BCUT2D eigenvalue weighted by atomic mass is 32.2. The van der Waals surface area contributed by atoms with Crippen molar-refractivity contribution in [2.75, 3.05) is 11.4 Å². The molecule has 4 rings (SSSR count). The molecule has 1 amide bonds. The SMILES string of the molecule is C[C@@H](C1CC1)N(C(=O)c1cccc(S(=O)(=O)N(C)c2ccccc2)c1)C1CC1. The van der Waals surface area contributed by atoms with E-state index >= 15 is 0 Å². The summed E-state index contributed by atoms with van der Waals surface area (Å²) in [6, 6.07) is 15.9. The Morgan fingerprint density at radius 3 is 2.29 bits per heavy atom. The van der Waals surface area contributed by atoms with Gasteiger partial charge in [0.2, 0.25) is 0 Å². The fourth-order valence-corrected chi connectivity index (χ4v) is 4.96. The molecular weight excluding hydrogens is 372 g/mol. The van der Waals surface area contributed by atoms with Gasteiger partial charge >= 0.3 is 0 Å². The van der Waals surface area contributed by atoms with Gasteiger partial charge in [-0.05, 0) is 68.9 Å². The molecule has 6 heteroatoms. The van der Waals surface area contributed by atoms with Crippen molar-refractivity contribution >= 4 is 21.6 Å². The lowest BCUT2D eigenvalue weighted by Gasteiger charge is -2.30. The van der Waals surface area contributed by atoms with E-state index in [2.05, 4.69) is 6.92 Å². The molecule has 0 unspecified atom stereocenters. The highest BCUT2D eigenvalue weighted by Gasteiger charge is 2.42. The van der Waals surface area contributed by atoms with Gasteiger partial charge in [0, 0.05) is 24.7 Å². The van der Waals surface area contributed by atoms with Gasteiger partial charge in [0.1, 0.15) is 0 Å². The summed E-state index contributed by atoms with van der Waals surface area (Å²) in [7, 11) is -2.21. The van der Waals surface area contributed by atoms with E-state index in [4.69, 9.17) is 0 Å². The van der Waals surface area contributed by atoms with E-state index in [1.807, 2.05) is 11.0 Å². The molecule has 0 spiro atoms. The van der Waals surface area contributed by atoms with Crippen molar-refractivity contribution in [1.82, 2.24) is 4.90 Å². The molecule has 0 bridgehead atoms. The molecule has 2 aromatic carbocycles. The topological polar surface area (TPSA) is 57.7 Å². The predicted molar refractivity (Wildman–Crippen MR) is 110 cm³/mol. The first kappa shape index (κ1) is 19.0. The standard InChI is InChI=1S/C22H26N2O3S/c1-16(17-11-12-17)24(20-13-14-20)22(25)18-7-6-10-21(15-18)28(26,27)23(2)19-8-4-3-5-9-19/h3-10,15-17,20H,11-14H2,1-2H3/t16-/m0/s1. The average molecular weight is 399 g/mol. The van der Waals surface area contributed by atoms with Crippen LogP contribution in [0.4, 0.5) is 5.69 Å². The summed E-state index contributed by atoms with van der Waals surface area (Å²) in [6.07, 6.45) is 4.43. The van der Waals surface area contributed by atoms with E-state index in [9.17, 15) is 13.2 Å². The lowest BCUT2D eigenvalue weighted by Crippen LogP contribution is -2.41. The first-order chi connectivity index (χ1) is 13.4. The molecule has 5 nitrogen and oxygen atoms in total. The molecule has 2 aliphatic rings. The fourth-order valence-electron chi connectivity index (χ4n) is 3.72. The summed E-state index contributed by atoms with van der Waals surface area (Å²) in [5, 5.41) is 0. The second-order valence-corrected chi connectivity index (χ2v) is 9.83. The number of anilines is 1. The number of hydrogen-bond donors (Lipinski definition) is 0. The maximum Gasteiger partial charge on any atom is 0.264 e. The largest absolute Gasteiger partial charge is 0.333 e. The molecule has 0 N–H and O–H groups in total. The van der Waals surface area contributed by atoms with Crippen LogP contribution in [0.5, 0.6) is 0 Å². The predicted octanol–water partition coefficient (Wildman–Crippen LogP) is 3.91. The number of para-hydroxylation sites is 1. The summed E-state index contributed by atoms with van der Waals surface area (Å²) in [4.78, 5) is 15.4. The highest BCUT2D eigenvalue weighted by Crippen LogP contribution is 2.40. The number of amides is 1. The number of sulfonamides is 1. The zero-order valence-corrected chi connectivity index (χ0v) is 17.1. The van der Waals surface area contributed by atoms with Crippen LogP contribution in [0.15, 0.2) is 59.5 Å². The molecule has 0 radical (unpaired) electrons. The van der Waals surface area contributed by atoms with Crippen molar-refractivity contribution < 1.29 is 13.2 Å². The molecule has 0 aromatic heterocycles. The Balaban J connectivity index is 1.62. The van der Waals surface area contributed by atoms with Crippen LogP contribution in [0.3, 0.4) is 0 Å². The number of hydrogen-bond acceptors (Lipinski definition) is 3. The van der Waals surface area contributed by atoms with Gasteiger partial charge < -0.3 is 4.90 Å². The van der Waals surface area contributed by atoms with Gasteiger partial charge in [-0.1, -0.05) is 24.3 Å².